The number of hydrogen-bond donors (Lipinski definition) is 1. The first-order valence-corrected chi connectivity index (χ1v) is 6.87. The second-order valence-corrected chi connectivity index (χ2v) is 5.06. The number of methoxy groups -OCH3 is 1. The third-order valence-corrected chi connectivity index (χ3v) is 2.81. The highest BCUT2D eigenvalue weighted by Crippen LogP contribution is 2.17. The summed E-state index contributed by atoms with van der Waals surface area (Å²) in [5.41, 5.74) is 1.85. The van der Waals surface area contributed by atoms with Crippen LogP contribution in [-0.4, -0.2) is 39.3 Å². The molecule has 0 aromatic heterocycles. The van der Waals surface area contributed by atoms with Gasteiger partial charge in [-0.1, -0.05) is 30.4 Å². The minimum absolute atomic E-state index is 0.236. The predicted octanol–water partition coefficient (Wildman–Crippen LogP) is 3.22. The van der Waals surface area contributed by atoms with Crippen LogP contribution in [0.1, 0.15) is 13.3 Å². The van der Waals surface area contributed by atoms with Crippen LogP contribution in [-0.2, 0) is 9.47 Å². The molecule has 5 heteroatoms. The summed E-state index contributed by atoms with van der Waals surface area (Å²) < 4.78 is 35.8. The fourth-order valence-corrected chi connectivity index (χ4v) is 1.78. The van der Waals surface area contributed by atoms with E-state index < -0.39 is 12.5 Å². The lowest BCUT2D eigenvalue weighted by Crippen LogP contribution is -2.19. The van der Waals surface area contributed by atoms with E-state index in [2.05, 4.69) is 11.9 Å². The number of allylic oxidation sites excluding steroid dienone is 4. The van der Waals surface area contributed by atoms with Gasteiger partial charge in [-0.3, -0.25) is 0 Å². The van der Waals surface area contributed by atoms with E-state index in [4.69, 9.17) is 9.47 Å². The highest BCUT2D eigenvalue weighted by Gasteiger charge is 2.22. The van der Waals surface area contributed by atoms with Crippen LogP contribution in [0.2, 0.25) is 0 Å². The highest BCUT2D eigenvalue weighted by molar-refractivity contribution is 5.29. The molecule has 1 saturated heterocycles. The van der Waals surface area contributed by atoms with E-state index >= 15 is 0 Å². The van der Waals surface area contributed by atoms with Crippen LogP contribution >= 0.6 is 0 Å². The fraction of sp³-hybridized carbons (Fsp3) is 0.500. The molecule has 0 bridgehead atoms. The Kier molecular flexibility index (Phi) is 7.32. The Morgan fingerprint density at radius 2 is 2.19 bits per heavy atom. The van der Waals surface area contributed by atoms with E-state index in [-0.39, 0.29) is 6.61 Å². The van der Waals surface area contributed by atoms with Crippen molar-refractivity contribution in [3.63, 3.8) is 0 Å². The molecule has 1 rings (SSSR count). The van der Waals surface area contributed by atoms with Crippen molar-refractivity contribution in [1.29, 1.82) is 0 Å². The summed E-state index contributed by atoms with van der Waals surface area (Å²) in [7, 11) is 1.52. The van der Waals surface area contributed by atoms with Gasteiger partial charge in [-0.25, -0.2) is 8.78 Å². The van der Waals surface area contributed by atoms with Crippen LogP contribution in [0.5, 0.6) is 0 Å². The van der Waals surface area contributed by atoms with E-state index in [9.17, 15) is 8.78 Å². The summed E-state index contributed by atoms with van der Waals surface area (Å²) >= 11 is 0. The van der Waals surface area contributed by atoms with Crippen LogP contribution < -0.4 is 5.32 Å². The van der Waals surface area contributed by atoms with Crippen molar-refractivity contribution in [3.05, 3.63) is 47.8 Å². The maximum atomic E-state index is 12.9. The first kappa shape index (κ1) is 17.6. The maximum absolute atomic E-state index is 12.9. The van der Waals surface area contributed by atoms with E-state index in [1.54, 1.807) is 12.2 Å². The van der Waals surface area contributed by atoms with Gasteiger partial charge in [0.2, 0.25) is 0 Å². The lowest BCUT2D eigenvalue weighted by molar-refractivity contribution is -0.0428. The zero-order valence-corrected chi connectivity index (χ0v) is 12.6. The van der Waals surface area contributed by atoms with Crippen LogP contribution in [0.15, 0.2) is 47.8 Å². The first-order valence-electron chi connectivity index (χ1n) is 6.87. The second kappa shape index (κ2) is 8.74. The summed E-state index contributed by atoms with van der Waals surface area (Å²) in [5.74, 6) is -2.56. The van der Waals surface area contributed by atoms with Gasteiger partial charge in [0.15, 0.2) is 6.61 Å². The molecular formula is C16H23F2NO2. The Balaban J connectivity index is 2.65. The van der Waals surface area contributed by atoms with Gasteiger partial charge in [0.1, 0.15) is 5.76 Å². The monoisotopic (exact) mass is 299 g/mol. The fourth-order valence-electron chi connectivity index (χ4n) is 1.78. The third kappa shape index (κ3) is 7.78. The molecule has 0 spiro atoms. The molecule has 1 fully saturated rings. The van der Waals surface area contributed by atoms with Gasteiger partial charge in [0.05, 0.1) is 6.61 Å². The van der Waals surface area contributed by atoms with Gasteiger partial charge in [0.25, 0.3) is 5.92 Å². The molecule has 1 aliphatic heterocycles. The Labute approximate surface area is 125 Å². The van der Waals surface area contributed by atoms with E-state index in [1.807, 2.05) is 12.2 Å². The van der Waals surface area contributed by atoms with Crippen molar-refractivity contribution >= 4 is 0 Å². The zero-order chi connectivity index (χ0) is 15.7. The number of nitrogens with one attached hydrogen (secondary N) is 1. The number of alkyl halides is 2. The molecular weight excluding hydrogens is 276 g/mol. The van der Waals surface area contributed by atoms with Crippen LogP contribution in [0.3, 0.4) is 0 Å². The van der Waals surface area contributed by atoms with Gasteiger partial charge >= 0.3 is 0 Å². The largest absolute Gasteiger partial charge is 0.487 e. The van der Waals surface area contributed by atoms with E-state index in [0.717, 1.165) is 26.4 Å². The lowest BCUT2D eigenvalue weighted by Gasteiger charge is -2.15. The SMILES string of the molecule is C=C(COC)\C(=C/C=C\C=C1\CCNC1)OCC(C)(F)F. The summed E-state index contributed by atoms with van der Waals surface area (Å²) in [4.78, 5) is 0. The topological polar surface area (TPSA) is 30.5 Å². The van der Waals surface area contributed by atoms with Crippen molar-refractivity contribution in [2.24, 2.45) is 0 Å². The molecule has 0 aromatic carbocycles. The van der Waals surface area contributed by atoms with Gasteiger partial charge in [-0.15, -0.1) is 0 Å². The molecule has 21 heavy (non-hydrogen) atoms. The van der Waals surface area contributed by atoms with Crippen LogP contribution in [0.25, 0.3) is 0 Å². The summed E-state index contributed by atoms with van der Waals surface area (Å²) in [5, 5.41) is 3.24. The maximum Gasteiger partial charge on any atom is 0.278 e. The second-order valence-electron chi connectivity index (χ2n) is 5.06. The van der Waals surface area contributed by atoms with Gasteiger partial charge < -0.3 is 14.8 Å². The summed E-state index contributed by atoms with van der Waals surface area (Å²) in [6.07, 6.45) is 8.31. The molecule has 1 aliphatic rings. The number of rotatable bonds is 8. The minimum atomic E-state index is -2.88. The molecule has 0 aromatic rings. The summed E-state index contributed by atoms with van der Waals surface area (Å²) in [6.45, 7) is 6.05. The zero-order valence-electron chi connectivity index (χ0n) is 12.6. The molecule has 0 saturated carbocycles. The highest BCUT2D eigenvalue weighted by atomic mass is 19.3. The molecule has 0 amide bonds. The van der Waals surface area contributed by atoms with Crippen LogP contribution in [0, 0.1) is 0 Å². The van der Waals surface area contributed by atoms with Gasteiger partial charge in [0, 0.05) is 26.2 Å². The van der Waals surface area contributed by atoms with Crippen molar-refractivity contribution in [3.8, 4) is 0 Å². The van der Waals surface area contributed by atoms with E-state index in [1.165, 1.54) is 12.7 Å². The molecule has 0 atom stereocenters. The first-order chi connectivity index (χ1) is 9.92. The van der Waals surface area contributed by atoms with Crippen molar-refractivity contribution in [2.45, 2.75) is 19.3 Å². The Morgan fingerprint density at radius 3 is 2.76 bits per heavy atom. The number of halogens is 2. The Hall–Kier alpha value is -1.46. The minimum Gasteiger partial charge on any atom is -0.487 e. The number of hydrogen-bond acceptors (Lipinski definition) is 3. The van der Waals surface area contributed by atoms with Crippen molar-refractivity contribution in [1.82, 2.24) is 5.32 Å². The predicted molar refractivity (Wildman–Crippen MR) is 80.4 cm³/mol. The smallest absolute Gasteiger partial charge is 0.278 e. The molecule has 0 aliphatic carbocycles. The molecule has 0 unspecified atom stereocenters. The van der Waals surface area contributed by atoms with Crippen LogP contribution in [0.4, 0.5) is 8.78 Å². The van der Waals surface area contributed by atoms with Crippen molar-refractivity contribution in [2.75, 3.05) is 33.4 Å². The lowest BCUT2D eigenvalue weighted by atomic mass is 10.2. The van der Waals surface area contributed by atoms with E-state index in [0.29, 0.717) is 11.3 Å². The Bertz CT molecular complexity index is 426. The molecule has 1 N–H and O–H groups in total. The third-order valence-electron chi connectivity index (χ3n) is 2.81. The average molecular weight is 299 g/mol. The molecule has 0 radical (unpaired) electrons. The van der Waals surface area contributed by atoms with Gasteiger partial charge in [-0.05, 0) is 19.0 Å². The summed E-state index contributed by atoms with van der Waals surface area (Å²) in [6, 6.07) is 0. The standard InChI is InChI=1S/C16H23F2NO2/c1-13(11-20-3)15(21-12-16(2,17)18)7-5-4-6-14-8-9-19-10-14/h4-7,19H,1,8-12H2,2-3H3/b5-4-,14-6-,15-7+. The van der Waals surface area contributed by atoms with Gasteiger partial charge in [-0.2, -0.15) is 0 Å². The van der Waals surface area contributed by atoms with Crippen molar-refractivity contribution < 1.29 is 18.3 Å². The molecule has 118 valence electrons. The number of ether oxygens (including phenoxy) is 2. The molecule has 1 heterocycles. The average Bonchev–Trinajstić information content (AvgIpc) is 2.90. The quantitative estimate of drug-likeness (QED) is 0.551. The Morgan fingerprint density at radius 1 is 1.43 bits per heavy atom. The molecule has 3 nitrogen and oxygen atoms in total. The normalized spacial score (nSPS) is 18.7.